The molecule has 0 aliphatic heterocycles. The number of hydrogen-bond donors (Lipinski definition) is 2. The molecule has 1 aromatic rings. The number of nitrogens with zero attached hydrogens (tertiary/aromatic N) is 1. The van der Waals surface area contributed by atoms with Crippen LogP contribution in [0.5, 0.6) is 0 Å². The standard InChI is InChI=1S/C14H20N2O4/c1-10(17)5-4-8-15-14(18)11(2)12-6-3-7-13(9-12)16(19)20/h3,6-7,9-11,17H,4-5,8H2,1-2H3,(H,15,18). The van der Waals surface area contributed by atoms with Gasteiger partial charge in [-0.05, 0) is 32.3 Å². The molecule has 2 N–H and O–H groups in total. The first kappa shape index (κ1) is 16.1. The molecule has 0 aliphatic rings. The lowest BCUT2D eigenvalue weighted by atomic mass is 10.00. The number of non-ortho nitro benzene ring substituents is 1. The quantitative estimate of drug-likeness (QED) is 0.454. The number of hydrogen-bond acceptors (Lipinski definition) is 4. The third-order valence-corrected chi connectivity index (χ3v) is 3.07. The van der Waals surface area contributed by atoms with Gasteiger partial charge in [-0.2, -0.15) is 0 Å². The van der Waals surface area contributed by atoms with E-state index in [9.17, 15) is 14.9 Å². The minimum Gasteiger partial charge on any atom is -0.393 e. The van der Waals surface area contributed by atoms with Crippen molar-refractivity contribution in [3.63, 3.8) is 0 Å². The van der Waals surface area contributed by atoms with Crippen molar-refractivity contribution in [2.45, 2.75) is 38.7 Å². The number of carbonyl (C=O) groups is 1. The Morgan fingerprint density at radius 3 is 2.75 bits per heavy atom. The molecule has 0 fully saturated rings. The smallest absolute Gasteiger partial charge is 0.269 e. The van der Waals surface area contributed by atoms with Crippen LogP contribution in [0.4, 0.5) is 5.69 Å². The van der Waals surface area contributed by atoms with Crippen molar-refractivity contribution in [3.8, 4) is 0 Å². The van der Waals surface area contributed by atoms with E-state index in [2.05, 4.69) is 5.32 Å². The molecule has 6 nitrogen and oxygen atoms in total. The van der Waals surface area contributed by atoms with Crippen LogP contribution in [0, 0.1) is 10.1 Å². The molecule has 0 saturated heterocycles. The van der Waals surface area contributed by atoms with Gasteiger partial charge >= 0.3 is 0 Å². The number of carbonyl (C=O) groups excluding carboxylic acids is 1. The third-order valence-electron chi connectivity index (χ3n) is 3.07. The Morgan fingerprint density at radius 2 is 2.15 bits per heavy atom. The summed E-state index contributed by atoms with van der Waals surface area (Å²) in [5.74, 6) is -0.613. The Hall–Kier alpha value is -1.95. The summed E-state index contributed by atoms with van der Waals surface area (Å²) in [7, 11) is 0. The van der Waals surface area contributed by atoms with Gasteiger partial charge in [0.05, 0.1) is 16.9 Å². The predicted octanol–water partition coefficient (Wildman–Crippen LogP) is 1.98. The van der Waals surface area contributed by atoms with Crippen LogP contribution in [0.2, 0.25) is 0 Å². The second-order valence-electron chi connectivity index (χ2n) is 4.86. The summed E-state index contributed by atoms with van der Waals surface area (Å²) in [5.41, 5.74) is 0.600. The predicted molar refractivity (Wildman–Crippen MR) is 75.4 cm³/mol. The molecule has 0 saturated carbocycles. The van der Waals surface area contributed by atoms with Gasteiger partial charge in [0.1, 0.15) is 0 Å². The molecule has 0 spiro atoms. The summed E-state index contributed by atoms with van der Waals surface area (Å²) in [5, 5.41) is 22.6. The third kappa shape index (κ3) is 4.97. The van der Waals surface area contributed by atoms with Gasteiger partial charge in [0, 0.05) is 18.7 Å². The van der Waals surface area contributed by atoms with E-state index in [0.29, 0.717) is 24.9 Å². The van der Waals surface area contributed by atoms with E-state index in [1.54, 1.807) is 26.0 Å². The normalized spacial score (nSPS) is 13.6. The van der Waals surface area contributed by atoms with Crippen LogP contribution in [0.25, 0.3) is 0 Å². The van der Waals surface area contributed by atoms with Crippen molar-refractivity contribution in [1.82, 2.24) is 5.32 Å². The van der Waals surface area contributed by atoms with E-state index in [0.717, 1.165) is 0 Å². The molecule has 0 radical (unpaired) electrons. The lowest BCUT2D eigenvalue weighted by Gasteiger charge is -2.12. The fourth-order valence-corrected chi connectivity index (χ4v) is 1.82. The average Bonchev–Trinajstić information content (AvgIpc) is 2.42. The molecule has 0 heterocycles. The highest BCUT2D eigenvalue weighted by atomic mass is 16.6. The molecule has 0 bridgehead atoms. The Balaban J connectivity index is 2.56. The van der Waals surface area contributed by atoms with E-state index in [4.69, 9.17) is 5.11 Å². The molecule has 2 unspecified atom stereocenters. The van der Waals surface area contributed by atoms with Crippen molar-refractivity contribution in [3.05, 3.63) is 39.9 Å². The molecule has 0 aromatic heterocycles. The Morgan fingerprint density at radius 1 is 1.45 bits per heavy atom. The van der Waals surface area contributed by atoms with Gasteiger partial charge in [-0.15, -0.1) is 0 Å². The summed E-state index contributed by atoms with van der Waals surface area (Å²) >= 11 is 0. The van der Waals surface area contributed by atoms with Gasteiger partial charge in [0.15, 0.2) is 0 Å². The number of aliphatic hydroxyl groups excluding tert-OH is 1. The lowest BCUT2D eigenvalue weighted by Crippen LogP contribution is -2.29. The molecule has 20 heavy (non-hydrogen) atoms. The number of nitro groups is 1. The zero-order valence-corrected chi connectivity index (χ0v) is 11.7. The van der Waals surface area contributed by atoms with Gasteiger partial charge < -0.3 is 10.4 Å². The number of amides is 1. The Bertz CT molecular complexity index is 474. The molecule has 1 amide bonds. The summed E-state index contributed by atoms with van der Waals surface area (Å²) in [6, 6.07) is 6.09. The topological polar surface area (TPSA) is 92.5 Å². The molecular formula is C14H20N2O4. The van der Waals surface area contributed by atoms with Crippen molar-refractivity contribution >= 4 is 11.6 Å². The zero-order valence-electron chi connectivity index (χ0n) is 11.7. The maximum Gasteiger partial charge on any atom is 0.269 e. The van der Waals surface area contributed by atoms with Gasteiger partial charge in [0.2, 0.25) is 5.91 Å². The highest BCUT2D eigenvalue weighted by molar-refractivity contribution is 5.83. The molecular weight excluding hydrogens is 260 g/mol. The first-order chi connectivity index (χ1) is 9.41. The molecule has 110 valence electrons. The largest absolute Gasteiger partial charge is 0.393 e. The summed E-state index contributed by atoms with van der Waals surface area (Å²) in [6.07, 6.45) is 0.956. The molecule has 6 heteroatoms. The molecule has 2 atom stereocenters. The fourth-order valence-electron chi connectivity index (χ4n) is 1.82. The SMILES string of the molecule is CC(O)CCCNC(=O)C(C)c1cccc([N+](=O)[O-])c1. The maximum atomic E-state index is 11.9. The van der Waals surface area contributed by atoms with Crippen molar-refractivity contribution in [2.75, 3.05) is 6.54 Å². The van der Waals surface area contributed by atoms with E-state index in [1.807, 2.05) is 0 Å². The van der Waals surface area contributed by atoms with E-state index < -0.39 is 10.8 Å². The number of rotatable bonds is 7. The lowest BCUT2D eigenvalue weighted by molar-refractivity contribution is -0.384. The summed E-state index contributed by atoms with van der Waals surface area (Å²) in [4.78, 5) is 22.2. The van der Waals surface area contributed by atoms with Crippen LogP contribution in [-0.4, -0.2) is 28.6 Å². The van der Waals surface area contributed by atoms with E-state index in [1.165, 1.54) is 12.1 Å². The van der Waals surface area contributed by atoms with Crippen molar-refractivity contribution in [2.24, 2.45) is 0 Å². The number of nitrogens with one attached hydrogen (secondary N) is 1. The van der Waals surface area contributed by atoms with E-state index in [-0.39, 0.29) is 17.7 Å². The highest BCUT2D eigenvalue weighted by Gasteiger charge is 2.17. The molecule has 1 aromatic carbocycles. The average molecular weight is 280 g/mol. The van der Waals surface area contributed by atoms with Gasteiger partial charge in [-0.25, -0.2) is 0 Å². The Kier molecular flexibility index (Phi) is 6.11. The highest BCUT2D eigenvalue weighted by Crippen LogP contribution is 2.20. The second-order valence-corrected chi connectivity index (χ2v) is 4.86. The maximum absolute atomic E-state index is 11.9. The van der Waals surface area contributed by atoms with Crippen molar-refractivity contribution < 1.29 is 14.8 Å². The van der Waals surface area contributed by atoms with E-state index >= 15 is 0 Å². The number of nitro benzene ring substituents is 1. The second kappa shape index (κ2) is 7.59. The zero-order chi connectivity index (χ0) is 15.1. The number of benzene rings is 1. The summed E-state index contributed by atoms with van der Waals surface area (Å²) < 4.78 is 0. The van der Waals surface area contributed by atoms with Gasteiger partial charge in [-0.3, -0.25) is 14.9 Å². The minimum absolute atomic E-state index is 0.0174. The first-order valence-electron chi connectivity index (χ1n) is 6.62. The van der Waals surface area contributed by atoms with Crippen LogP contribution in [0.1, 0.15) is 38.2 Å². The summed E-state index contributed by atoms with van der Waals surface area (Å²) in [6.45, 7) is 3.90. The fraction of sp³-hybridized carbons (Fsp3) is 0.500. The first-order valence-corrected chi connectivity index (χ1v) is 6.62. The van der Waals surface area contributed by atoms with Crippen LogP contribution in [0.3, 0.4) is 0 Å². The van der Waals surface area contributed by atoms with Crippen LogP contribution in [0.15, 0.2) is 24.3 Å². The van der Waals surface area contributed by atoms with Crippen LogP contribution in [-0.2, 0) is 4.79 Å². The van der Waals surface area contributed by atoms with Crippen LogP contribution >= 0.6 is 0 Å². The van der Waals surface area contributed by atoms with Gasteiger partial charge in [0.25, 0.3) is 5.69 Å². The minimum atomic E-state index is -0.475. The molecule has 1 rings (SSSR count). The number of aliphatic hydroxyl groups is 1. The Labute approximate surface area is 118 Å². The molecule has 0 aliphatic carbocycles. The van der Waals surface area contributed by atoms with Gasteiger partial charge in [-0.1, -0.05) is 12.1 Å². The van der Waals surface area contributed by atoms with Crippen LogP contribution < -0.4 is 5.32 Å². The van der Waals surface area contributed by atoms with Crippen molar-refractivity contribution in [1.29, 1.82) is 0 Å². The monoisotopic (exact) mass is 280 g/mol.